The molecule has 0 spiro atoms. The highest BCUT2D eigenvalue weighted by atomic mass is 19.1. The van der Waals surface area contributed by atoms with Crippen molar-refractivity contribution < 1.29 is 14.3 Å². The van der Waals surface area contributed by atoms with Crippen LogP contribution in [0.5, 0.6) is 0 Å². The molecule has 0 unspecified atom stereocenters. The molecule has 4 heteroatoms. The van der Waals surface area contributed by atoms with Crippen molar-refractivity contribution in [2.75, 3.05) is 11.9 Å². The minimum absolute atomic E-state index is 0.0392. The molecule has 0 atom stereocenters. The van der Waals surface area contributed by atoms with E-state index in [1.165, 1.54) is 18.2 Å². The Labute approximate surface area is 119 Å². The third kappa shape index (κ3) is 2.94. The quantitative estimate of drug-likeness (QED) is 0.911. The van der Waals surface area contributed by atoms with Gasteiger partial charge in [0.2, 0.25) is 0 Å². The molecular weight excluding hydrogens is 257 g/mol. The highest BCUT2D eigenvalue weighted by molar-refractivity contribution is 5.94. The molecule has 1 aromatic rings. The van der Waals surface area contributed by atoms with Gasteiger partial charge in [0.1, 0.15) is 5.82 Å². The van der Waals surface area contributed by atoms with Crippen LogP contribution in [-0.4, -0.2) is 24.2 Å². The topological polar surface area (TPSA) is 40.5 Å². The molecule has 1 aromatic carbocycles. The van der Waals surface area contributed by atoms with Gasteiger partial charge in [0.05, 0.1) is 11.3 Å². The average Bonchev–Trinajstić information content (AvgIpc) is 2.37. The van der Waals surface area contributed by atoms with Crippen molar-refractivity contribution >= 4 is 11.7 Å². The zero-order valence-corrected chi connectivity index (χ0v) is 12.3. The summed E-state index contributed by atoms with van der Waals surface area (Å²) in [6.07, 6.45) is 4.10. The second-order valence-electron chi connectivity index (χ2n) is 6.45. The van der Waals surface area contributed by atoms with Crippen molar-refractivity contribution in [3.63, 3.8) is 0 Å². The van der Waals surface area contributed by atoms with E-state index in [1.54, 1.807) is 7.05 Å². The third-order valence-electron chi connectivity index (χ3n) is 4.43. The summed E-state index contributed by atoms with van der Waals surface area (Å²) in [5.41, 5.74) is 0.587. The Bertz CT molecular complexity index is 503. The van der Waals surface area contributed by atoms with Gasteiger partial charge in [-0.2, -0.15) is 0 Å². The number of aromatic carboxylic acids is 1. The number of para-hydroxylation sites is 1. The lowest BCUT2D eigenvalue weighted by Gasteiger charge is -2.40. The SMILES string of the molecule is CN(c1c(F)cccc1C(=O)O)C1CCC(C)(C)CC1. The monoisotopic (exact) mass is 279 g/mol. The number of carboxylic acids is 1. The number of carboxylic acid groups (broad SMARTS) is 1. The predicted molar refractivity (Wildman–Crippen MR) is 77.8 cm³/mol. The standard InChI is InChI=1S/C16H22FNO2/c1-16(2)9-7-11(8-10-16)18(3)14-12(15(19)20)5-4-6-13(14)17/h4-6,11H,7-10H2,1-3H3,(H,19,20). The van der Waals surface area contributed by atoms with E-state index >= 15 is 0 Å². The number of rotatable bonds is 3. The van der Waals surface area contributed by atoms with E-state index in [1.807, 2.05) is 4.90 Å². The molecular formula is C16H22FNO2. The summed E-state index contributed by atoms with van der Waals surface area (Å²) in [5, 5.41) is 9.23. The minimum atomic E-state index is -1.08. The highest BCUT2D eigenvalue weighted by Gasteiger charge is 2.31. The Hall–Kier alpha value is -1.58. The van der Waals surface area contributed by atoms with Crippen LogP contribution in [0.25, 0.3) is 0 Å². The van der Waals surface area contributed by atoms with E-state index in [2.05, 4.69) is 13.8 Å². The van der Waals surface area contributed by atoms with Crippen molar-refractivity contribution in [3.8, 4) is 0 Å². The summed E-state index contributed by atoms with van der Waals surface area (Å²) in [4.78, 5) is 13.1. The maximum absolute atomic E-state index is 14.1. The molecule has 0 radical (unpaired) electrons. The summed E-state index contributed by atoms with van der Waals surface area (Å²) in [6, 6.07) is 4.44. The zero-order valence-electron chi connectivity index (χ0n) is 12.3. The van der Waals surface area contributed by atoms with Gasteiger partial charge in [-0.05, 0) is 43.2 Å². The molecule has 1 aliphatic rings. The number of hydrogen-bond acceptors (Lipinski definition) is 2. The Balaban J connectivity index is 2.26. The molecule has 20 heavy (non-hydrogen) atoms. The molecule has 1 fully saturated rings. The predicted octanol–water partition coefficient (Wildman–Crippen LogP) is 3.93. The summed E-state index contributed by atoms with van der Waals surface area (Å²) in [6.45, 7) is 4.49. The third-order valence-corrected chi connectivity index (χ3v) is 4.43. The number of anilines is 1. The van der Waals surface area contributed by atoms with Gasteiger partial charge in [-0.1, -0.05) is 19.9 Å². The fourth-order valence-corrected chi connectivity index (χ4v) is 3.00. The van der Waals surface area contributed by atoms with Crippen LogP contribution in [0.15, 0.2) is 18.2 Å². The smallest absolute Gasteiger partial charge is 0.337 e. The average molecular weight is 279 g/mol. The summed E-state index contributed by atoms with van der Waals surface area (Å²) in [7, 11) is 1.80. The molecule has 0 heterocycles. The van der Waals surface area contributed by atoms with Gasteiger partial charge in [0.25, 0.3) is 0 Å². The van der Waals surface area contributed by atoms with Gasteiger partial charge >= 0.3 is 5.97 Å². The first kappa shape index (κ1) is 14.8. The Morgan fingerprint density at radius 2 is 1.95 bits per heavy atom. The van der Waals surface area contributed by atoms with Crippen molar-refractivity contribution in [2.45, 2.75) is 45.6 Å². The van der Waals surface area contributed by atoms with Crippen LogP contribution in [0.3, 0.4) is 0 Å². The maximum atomic E-state index is 14.1. The highest BCUT2D eigenvalue weighted by Crippen LogP contribution is 2.38. The molecule has 1 N–H and O–H groups in total. The van der Waals surface area contributed by atoms with Crippen molar-refractivity contribution in [2.24, 2.45) is 5.41 Å². The largest absolute Gasteiger partial charge is 0.478 e. The summed E-state index contributed by atoms with van der Waals surface area (Å²) < 4.78 is 14.1. The van der Waals surface area contributed by atoms with Crippen molar-refractivity contribution in [1.82, 2.24) is 0 Å². The molecule has 3 nitrogen and oxygen atoms in total. The van der Waals surface area contributed by atoms with E-state index in [0.29, 0.717) is 5.41 Å². The van der Waals surface area contributed by atoms with Gasteiger partial charge in [-0.15, -0.1) is 0 Å². The number of nitrogens with zero attached hydrogens (tertiary/aromatic N) is 1. The number of carbonyl (C=O) groups is 1. The molecule has 0 bridgehead atoms. The van der Waals surface area contributed by atoms with Crippen LogP contribution in [0.4, 0.5) is 10.1 Å². The number of halogens is 1. The normalized spacial score (nSPS) is 18.8. The van der Waals surface area contributed by atoms with Crippen LogP contribution in [0.2, 0.25) is 0 Å². The molecule has 0 amide bonds. The second kappa shape index (κ2) is 5.43. The van der Waals surface area contributed by atoms with Crippen LogP contribution in [0.1, 0.15) is 49.9 Å². The van der Waals surface area contributed by atoms with Gasteiger partial charge < -0.3 is 10.0 Å². The Morgan fingerprint density at radius 1 is 1.35 bits per heavy atom. The van der Waals surface area contributed by atoms with E-state index in [-0.39, 0.29) is 17.3 Å². The number of hydrogen-bond donors (Lipinski definition) is 1. The Kier molecular flexibility index (Phi) is 4.02. The summed E-state index contributed by atoms with van der Waals surface area (Å²) >= 11 is 0. The van der Waals surface area contributed by atoms with Crippen LogP contribution in [0, 0.1) is 11.2 Å². The molecule has 0 aliphatic heterocycles. The summed E-state index contributed by atoms with van der Waals surface area (Å²) in [5.74, 6) is -1.54. The van der Waals surface area contributed by atoms with E-state index < -0.39 is 11.8 Å². The van der Waals surface area contributed by atoms with Crippen LogP contribution >= 0.6 is 0 Å². The molecule has 1 saturated carbocycles. The zero-order chi connectivity index (χ0) is 14.9. The fourth-order valence-electron chi connectivity index (χ4n) is 3.00. The Morgan fingerprint density at radius 3 is 2.50 bits per heavy atom. The lowest BCUT2D eigenvalue weighted by atomic mass is 9.75. The van der Waals surface area contributed by atoms with E-state index in [4.69, 9.17) is 0 Å². The maximum Gasteiger partial charge on any atom is 0.337 e. The molecule has 110 valence electrons. The molecule has 0 aromatic heterocycles. The second-order valence-corrected chi connectivity index (χ2v) is 6.45. The first-order valence-electron chi connectivity index (χ1n) is 7.06. The van der Waals surface area contributed by atoms with E-state index in [9.17, 15) is 14.3 Å². The van der Waals surface area contributed by atoms with Gasteiger partial charge in [-0.25, -0.2) is 9.18 Å². The van der Waals surface area contributed by atoms with Gasteiger partial charge in [-0.3, -0.25) is 0 Å². The van der Waals surface area contributed by atoms with E-state index in [0.717, 1.165) is 25.7 Å². The molecule has 2 rings (SSSR count). The lowest BCUT2D eigenvalue weighted by Crippen LogP contribution is -2.38. The first-order valence-corrected chi connectivity index (χ1v) is 7.06. The van der Waals surface area contributed by atoms with Crippen molar-refractivity contribution in [1.29, 1.82) is 0 Å². The molecule has 0 saturated heterocycles. The van der Waals surface area contributed by atoms with Gasteiger partial charge in [0, 0.05) is 13.1 Å². The fraction of sp³-hybridized carbons (Fsp3) is 0.562. The van der Waals surface area contributed by atoms with Crippen LogP contribution < -0.4 is 4.90 Å². The lowest BCUT2D eigenvalue weighted by molar-refractivity contribution is 0.0696. The van der Waals surface area contributed by atoms with Crippen molar-refractivity contribution in [3.05, 3.63) is 29.6 Å². The van der Waals surface area contributed by atoms with Crippen LogP contribution in [-0.2, 0) is 0 Å². The minimum Gasteiger partial charge on any atom is -0.478 e. The molecule has 1 aliphatic carbocycles. The first-order chi connectivity index (χ1) is 9.32. The van der Waals surface area contributed by atoms with Gasteiger partial charge in [0.15, 0.2) is 0 Å². The number of benzene rings is 1.